The minimum atomic E-state index is -4.60. The van der Waals surface area contributed by atoms with Gasteiger partial charge in [-0.3, -0.25) is 14.6 Å². The molecule has 0 saturated heterocycles. The predicted octanol–water partition coefficient (Wildman–Crippen LogP) is 4.94. The smallest absolute Gasteiger partial charge is 0.378 e. The number of rotatable bonds is 5. The van der Waals surface area contributed by atoms with Crippen molar-refractivity contribution in [3.63, 3.8) is 0 Å². The van der Waals surface area contributed by atoms with E-state index in [1.165, 1.54) is 11.0 Å². The van der Waals surface area contributed by atoms with Crippen LogP contribution in [0.2, 0.25) is 0 Å². The quantitative estimate of drug-likeness (QED) is 0.360. The summed E-state index contributed by atoms with van der Waals surface area (Å²) in [5.74, 6) is -0.194. The summed E-state index contributed by atoms with van der Waals surface area (Å²) in [6, 6.07) is 16.1. The Morgan fingerprint density at radius 2 is 1.80 bits per heavy atom. The number of fused-ring (bicyclic) bond motifs is 1. The number of amides is 1. The first-order valence-corrected chi connectivity index (χ1v) is 13.4. The van der Waals surface area contributed by atoms with Gasteiger partial charge in [0.2, 0.25) is 0 Å². The Morgan fingerprint density at radius 3 is 2.54 bits per heavy atom. The topological polar surface area (TPSA) is 99.2 Å². The molecule has 210 valence electrons. The van der Waals surface area contributed by atoms with E-state index in [0.717, 1.165) is 47.7 Å². The fourth-order valence-electron chi connectivity index (χ4n) is 5.51. The van der Waals surface area contributed by atoms with Crippen molar-refractivity contribution in [2.45, 2.75) is 49.9 Å². The second kappa shape index (κ2) is 10.3. The molecule has 2 aromatic heterocycles. The van der Waals surface area contributed by atoms with Gasteiger partial charge >= 0.3 is 6.18 Å². The number of aromatic amines is 1. The standard InChI is InChI=1S/C31H27F3N4O3/c32-31(33,34)22-9-4-8-20(14-22)26(39)28(41)38-13-5-10-25-24(18-38)27(40)37-29(36-25)30(11-12-30)23-15-21(16-35-17-23)19-6-2-1-3-7-19/h1-4,6-9,14-17,26,39H,5,10-13,18H2,(H,36,37,40)/t26-/m1/s1. The summed E-state index contributed by atoms with van der Waals surface area (Å²) in [7, 11) is 0. The van der Waals surface area contributed by atoms with Crippen molar-refractivity contribution < 1.29 is 23.1 Å². The van der Waals surface area contributed by atoms with Crippen molar-refractivity contribution in [2.75, 3.05) is 6.54 Å². The molecule has 10 heteroatoms. The molecule has 6 rings (SSSR count). The molecule has 3 heterocycles. The van der Waals surface area contributed by atoms with Gasteiger partial charge in [0, 0.05) is 24.5 Å². The number of H-pyrrole nitrogens is 1. The predicted molar refractivity (Wildman–Crippen MR) is 145 cm³/mol. The molecular formula is C31H27F3N4O3. The molecule has 0 radical (unpaired) electrons. The molecule has 2 aliphatic rings. The summed E-state index contributed by atoms with van der Waals surface area (Å²) in [6.07, 6.45) is -0.220. The Balaban J connectivity index is 1.26. The number of carbonyl (C=O) groups excluding carboxylic acids is 1. The van der Waals surface area contributed by atoms with Gasteiger partial charge in [-0.05, 0) is 60.6 Å². The van der Waals surface area contributed by atoms with Crippen molar-refractivity contribution in [1.29, 1.82) is 0 Å². The van der Waals surface area contributed by atoms with Crippen LogP contribution in [-0.2, 0) is 29.4 Å². The van der Waals surface area contributed by atoms with Gasteiger partial charge < -0.3 is 15.0 Å². The van der Waals surface area contributed by atoms with Crippen LogP contribution in [0.5, 0.6) is 0 Å². The van der Waals surface area contributed by atoms with Crippen LogP contribution in [0.4, 0.5) is 13.2 Å². The lowest BCUT2D eigenvalue weighted by Gasteiger charge is -2.24. The van der Waals surface area contributed by atoms with E-state index < -0.39 is 29.2 Å². The number of halogens is 3. The Labute approximate surface area is 233 Å². The number of aliphatic hydroxyl groups excluding tert-OH is 1. The second-order valence-corrected chi connectivity index (χ2v) is 10.6. The van der Waals surface area contributed by atoms with Gasteiger partial charge in [-0.25, -0.2) is 4.98 Å². The average Bonchev–Trinajstić information content (AvgIpc) is 3.81. The van der Waals surface area contributed by atoms with Crippen molar-refractivity contribution in [1.82, 2.24) is 19.9 Å². The number of hydrogen-bond donors (Lipinski definition) is 2. The highest BCUT2D eigenvalue weighted by Gasteiger charge is 2.49. The molecule has 41 heavy (non-hydrogen) atoms. The normalized spacial score (nSPS) is 16.9. The number of hydrogen-bond acceptors (Lipinski definition) is 5. The maximum Gasteiger partial charge on any atom is 0.416 e. The Morgan fingerprint density at radius 1 is 1.02 bits per heavy atom. The molecule has 1 aliphatic heterocycles. The molecule has 0 spiro atoms. The number of carbonyl (C=O) groups is 1. The molecule has 4 aromatic rings. The number of aliphatic hydroxyl groups is 1. The lowest BCUT2D eigenvalue weighted by atomic mass is 9.93. The summed E-state index contributed by atoms with van der Waals surface area (Å²) < 4.78 is 39.5. The highest BCUT2D eigenvalue weighted by molar-refractivity contribution is 5.82. The molecule has 0 unspecified atom stereocenters. The Kier molecular flexibility index (Phi) is 6.73. The number of alkyl halides is 3. The second-order valence-electron chi connectivity index (χ2n) is 10.6. The van der Waals surface area contributed by atoms with Gasteiger partial charge in [0.1, 0.15) is 5.82 Å². The van der Waals surface area contributed by atoms with E-state index in [-0.39, 0.29) is 24.2 Å². The van der Waals surface area contributed by atoms with E-state index in [9.17, 15) is 27.9 Å². The average molecular weight is 561 g/mol. The molecule has 2 N–H and O–H groups in total. The first-order chi connectivity index (χ1) is 19.7. The van der Waals surface area contributed by atoms with Gasteiger partial charge in [-0.15, -0.1) is 0 Å². The maximum absolute atomic E-state index is 13.4. The van der Waals surface area contributed by atoms with Crippen LogP contribution in [0.25, 0.3) is 11.1 Å². The van der Waals surface area contributed by atoms with E-state index in [0.29, 0.717) is 29.9 Å². The molecule has 7 nitrogen and oxygen atoms in total. The van der Waals surface area contributed by atoms with Gasteiger partial charge in [0.25, 0.3) is 11.5 Å². The molecular weight excluding hydrogens is 533 g/mol. The summed E-state index contributed by atoms with van der Waals surface area (Å²) in [4.78, 5) is 40.1. The number of nitrogens with zero attached hydrogens (tertiary/aromatic N) is 3. The van der Waals surface area contributed by atoms with Crippen LogP contribution in [0.3, 0.4) is 0 Å². The lowest BCUT2D eigenvalue weighted by Crippen LogP contribution is -2.36. The van der Waals surface area contributed by atoms with Crippen molar-refractivity contribution >= 4 is 5.91 Å². The largest absolute Gasteiger partial charge is 0.416 e. The van der Waals surface area contributed by atoms with Crippen molar-refractivity contribution in [3.8, 4) is 11.1 Å². The van der Waals surface area contributed by atoms with Crippen LogP contribution < -0.4 is 5.56 Å². The van der Waals surface area contributed by atoms with Gasteiger partial charge in [-0.1, -0.05) is 42.5 Å². The maximum atomic E-state index is 13.4. The summed E-state index contributed by atoms with van der Waals surface area (Å²) in [5, 5.41) is 10.7. The Hall–Kier alpha value is -4.31. The number of benzene rings is 2. The monoisotopic (exact) mass is 560 g/mol. The van der Waals surface area contributed by atoms with Gasteiger partial charge in [-0.2, -0.15) is 13.2 Å². The number of nitrogens with one attached hydrogen (secondary N) is 1. The lowest BCUT2D eigenvalue weighted by molar-refractivity contribution is -0.142. The first kappa shape index (κ1) is 26.9. The highest BCUT2D eigenvalue weighted by atomic mass is 19.4. The van der Waals surface area contributed by atoms with E-state index in [1.807, 2.05) is 36.5 Å². The van der Waals surface area contributed by atoms with E-state index in [1.54, 1.807) is 6.20 Å². The summed E-state index contributed by atoms with van der Waals surface area (Å²) in [6.45, 7) is 0.138. The third-order valence-electron chi connectivity index (χ3n) is 7.97. The molecule has 0 bridgehead atoms. The van der Waals surface area contributed by atoms with Crippen molar-refractivity contribution in [2.24, 2.45) is 0 Å². The molecule has 1 saturated carbocycles. The van der Waals surface area contributed by atoms with Gasteiger partial charge in [0.05, 0.1) is 28.8 Å². The zero-order chi connectivity index (χ0) is 28.8. The van der Waals surface area contributed by atoms with Crippen LogP contribution in [0.1, 0.15) is 59.1 Å². The zero-order valence-corrected chi connectivity index (χ0v) is 22.0. The third kappa shape index (κ3) is 5.15. The molecule has 2 aromatic carbocycles. The fraction of sp³-hybridized carbons (Fsp3) is 0.290. The minimum absolute atomic E-state index is 0.0924. The molecule has 1 aliphatic carbocycles. The van der Waals surface area contributed by atoms with Crippen molar-refractivity contribution in [3.05, 3.63) is 117 Å². The summed E-state index contributed by atoms with van der Waals surface area (Å²) >= 11 is 0. The van der Waals surface area contributed by atoms with E-state index in [2.05, 4.69) is 16.0 Å². The van der Waals surface area contributed by atoms with E-state index >= 15 is 0 Å². The fourth-order valence-corrected chi connectivity index (χ4v) is 5.51. The third-order valence-corrected chi connectivity index (χ3v) is 7.97. The van der Waals surface area contributed by atoms with E-state index in [4.69, 9.17) is 4.98 Å². The number of aromatic nitrogens is 3. The molecule has 1 amide bonds. The summed E-state index contributed by atoms with van der Waals surface area (Å²) in [5.41, 5.74) is 1.97. The number of pyridine rings is 1. The zero-order valence-electron chi connectivity index (χ0n) is 22.0. The van der Waals surface area contributed by atoms with Crippen LogP contribution in [0.15, 0.2) is 77.9 Å². The SMILES string of the molecule is O=C([C@H](O)c1cccc(C(F)(F)F)c1)N1CCCc2nc(C3(c4cncc(-c5ccccc5)c4)CC3)[nH]c(=O)c2C1. The van der Waals surface area contributed by atoms with Crippen LogP contribution in [-0.4, -0.2) is 37.4 Å². The first-order valence-electron chi connectivity index (χ1n) is 13.4. The Bertz CT molecular complexity index is 1670. The van der Waals surface area contributed by atoms with Crippen LogP contribution in [0, 0.1) is 0 Å². The number of aryl methyl sites for hydroxylation is 1. The highest BCUT2D eigenvalue weighted by Crippen LogP contribution is 2.52. The molecule has 1 fully saturated rings. The molecule has 1 atom stereocenters. The van der Waals surface area contributed by atoms with Crippen LogP contribution >= 0.6 is 0 Å². The van der Waals surface area contributed by atoms with Gasteiger partial charge in [0.15, 0.2) is 6.10 Å². The minimum Gasteiger partial charge on any atom is -0.378 e.